The molecule has 4 N–H and O–H groups in total. The van der Waals surface area contributed by atoms with Crippen LogP contribution >= 0.6 is 0 Å². The summed E-state index contributed by atoms with van der Waals surface area (Å²) in [7, 11) is 0. The summed E-state index contributed by atoms with van der Waals surface area (Å²) in [5.74, 6) is 0.246. The fourth-order valence-corrected chi connectivity index (χ4v) is 6.93. The lowest BCUT2D eigenvalue weighted by atomic mass is 9.60. The molecule has 218 valence electrons. The Labute approximate surface area is 236 Å². The smallest absolute Gasteiger partial charge is 0.326 e. The molecular formula is C30H43N5O5. The first-order valence-electron chi connectivity index (χ1n) is 15.1. The van der Waals surface area contributed by atoms with E-state index in [1.807, 2.05) is 0 Å². The SMILES string of the molecule is O=C(CC[C@H](NC(=O)C12CCC(CC1)CC2)C(=O)O)N[C@@H]1CCN(C(=O)CCCc2ccc3c(n2)NCCC3)C1. The van der Waals surface area contributed by atoms with Gasteiger partial charge in [0.25, 0.3) is 0 Å². The summed E-state index contributed by atoms with van der Waals surface area (Å²) in [4.78, 5) is 56.7. The number of hydrogen-bond donors (Lipinski definition) is 4. The third kappa shape index (κ3) is 6.75. The molecule has 1 saturated heterocycles. The number of aryl methyl sites for hydroxylation is 2. The highest BCUT2D eigenvalue weighted by Gasteiger charge is 2.46. The Hall–Kier alpha value is -3.17. The van der Waals surface area contributed by atoms with E-state index < -0.39 is 17.4 Å². The number of hydrogen-bond acceptors (Lipinski definition) is 6. The van der Waals surface area contributed by atoms with Crippen molar-refractivity contribution in [2.45, 2.75) is 102 Å². The highest BCUT2D eigenvalue weighted by atomic mass is 16.4. The fourth-order valence-electron chi connectivity index (χ4n) is 6.93. The molecule has 4 fully saturated rings. The number of anilines is 1. The van der Waals surface area contributed by atoms with Crippen molar-refractivity contribution in [1.29, 1.82) is 0 Å². The van der Waals surface area contributed by atoms with Gasteiger partial charge in [0, 0.05) is 49.6 Å². The lowest BCUT2D eigenvalue weighted by molar-refractivity contribution is -0.146. The molecule has 1 aromatic rings. The average Bonchev–Trinajstić information content (AvgIpc) is 3.44. The molecule has 40 heavy (non-hydrogen) atoms. The lowest BCUT2D eigenvalue weighted by Gasteiger charge is -2.45. The van der Waals surface area contributed by atoms with Crippen LogP contribution in [0.4, 0.5) is 5.82 Å². The number of rotatable bonds is 11. The predicted octanol–water partition coefficient (Wildman–Crippen LogP) is 2.80. The van der Waals surface area contributed by atoms with Crippen molar-refractivity contribution in [3.8, 4) is 0 Å². The molecule has 1 aromatic heterocycles. The van der Waals surface area contributed by atoms with E-state index in [2.05, 4.69) is 28.1 Å². The van der Waals surface area contributed by atoms with Gasteiger partial charge < -0.3 is 26.0 Å². The molecule has 0 radical (unpaired) electrons. The molecule has 2 bridgehead atoms. The average molecular weight is 554 g/mol. The van der Waals surface area contributed by atoms with Gasteiger partial charge in [0.15, 0.2) is 0 Å². The van der Waals surface area contributed by atoms with Gasteiger partial charge in [0.05, 0.1) is 0 Å². The van der Waals surface area contributed by atoms with E-state index in [9.17, 15) is 24.3 Å². The van der Waals surface area contributed by atoms with E-state index in [0.717, 1.165) is 82.3 Å². The highest BCUT2D eigenvalue weighted by molar-refractivity contribution is 5.88. The molecule has 2 aliphatic heterocycles. The topological polar surface area (TPSA) is 141 Å². The summed E-state index contributed by atoms with van der Waals surface area (Å²) < 4.78 is 0. The molecule has 0 unspecified atom stereocenters. The summed E-state index contributed by atoms with van der Waals surface area (Å²) in [6, 6.07) is 2.97. The van der Waals surface area contributed by atoms with Crippen molar-refractivity contribution in [1.82, 2.24) is 20.5 Å². The van der Waals surface area contributed by atoms with Gasteiger partial charge in [-0.15, -0.1) is 0 Å². The number of carbonyl (C=O) groups excluding carboxylic acids is 3. The van der Waals surface area contributed by atoms with Crippen LogP contribution in [0.25, 0.3) is 0 Å². The van der Waals surface area contributed by atoms with Gasteiger partial charge in [-0.3, -0.25) is 14.4 Å². The van der Waals surface area contributed by atoms with E-state index in [-0.39, 0.29) is 36.6 Å². The maximum atomic E-state index is 13.0. The number of likely N-dealkylation sites (tertiary alicyclic amines) is 1. The second kappa shape index (κ2) is 12.6. The number of fused-ring (bicyclic) bond motifs is 4. The van der Waals surface area contributed by atoms with Crippen LogP contribution < -0.4 is 16.0 Å². The van der Waals surface area contributed by atoms with Crippen LogP contribution in [0.5, 0.6) is 0 Å². The molecule has 6 rings (SSSR count). The lowest BCUT2D eigenvalue weighted by Crippen LogP contribution is -2.52. The number of carbonyl (C=O) groups is 4. The van der Waals surface area contributed by atoms with Crippen LogP contribution in [0.3, 0.4) is 0 Å². The van der Waals surface area contributed by atoms with Crippen molar-refractivity contribution >= 4 is 29.5 Å². The van der Waals surface area contributed by atoms with E-state index in [4.69, 9.17) is 4.98 Å². The minimum atomic E-state index is -1.11. The summed E-state index contributed by atoms with van der Waals surface area (Å²) in [5.41, 5.74) is 1.82. The van der Waals surface area contributed by atoms with Crippen LogP contribution in [-0.2, 0) is 32.0 Å². The van der Waals surface area contributed by atoms with Gasteiger partial charge in [0.2, 0.25) is 17.7 Å². The Balaban J connectivity index is 1.01. The van der Waals surface area contributed by atoms with E-state index in [0.29, 0.717) is 31.8 Å². The normalized spacial score (nSPS) is 25.9. The van der Waals surface area contributed by atoms with E-state index >= 15 is 0 Å². The zero-order valence-corrected chi connectivity index (χ0v) is 23.4. The Kier molecular flexibility index (Phi) is 8.90. The van der Waals surface area contributed by atoms with Crippen LogP contribution in [0.1, 0.15) is 88.3 Å². The molecule has 3 heterocycles. The van der Waals surface area contributed by atoms with Gasteiger partial charge in [-0.2, -0.15) is 0 Å². The molecule has 10 heteroatoms. The molecule has 3 aliphatic carbocycles. The van der Waals surface area contributed by atoms with Gasteiger partial charge in [-0.25, -0.2) is 9.78 Å². The first-order chi connectivity index (χ1) is 19.3. The molecule has 0 aromatic carbocycles. The van der Waals surface area contributed by atoms with Crippen molar-refractivity contribution in [3.63, 3.8) is 0 Å². The third-order valence-electron chi connectivity index (χ3n) is 9.52. The summed E-state index contributed by atoms with van der Waals surface area (Å²) >= 11 is 0. The van der Waals surface area contributed by atoms with Crippen LogP contribution in [0.2, 0.25) is 0 Å². The van der Waals surface area contributed by atoms with E-state index in [1.165, 1.54) is 5.56 Å². The zero-order valence-electron chi connectivity index (χ0n) is 23.4. The number of aliphatic carboxylic acids is 1. The van der Waals surface area contributed by atoms with E-state index in [1.54, 1.807) is 4.90 Å². The van der Waals surface area contributed by atoms with Gasteiger partial charge in [0.1, 0.15) is 11.9 Å². The second-order valence-electron chi connectivity index (χ2n) is 12.3. The quantitative estimate of drug-likeness (QED) is 0.330. The molecule has 10 nitrogen and oxygen atoms in total. The Morgan fingerprint density at radius 3 is 2.62 bits per heavy atom. The Morgan fingerprint density at radius 1 is 1.10 bits per heavy atom. The number of aromatic nitrogens is 1. The van der Waals surface area contributed by atoms with Gasteiger partial charge >= 0.3 is 5.97 Å². The summed E-state index contributed by atoms with van der Waals surface area (Å²) in [6.07, 6.45) is 10.4. The fraction of sp³-hybridized carbons (Fsp3) is 0.700. The molecule has 5 aliphatic rings. The van der Waals surface area contributed by atoms with Crippen LogP contribution in [0, 0.1) is 11.3 Å². The third-order valence-corrected chi connectivity index (χ3v) is 9.52. The number of pyridine rings is 1. The Morgan fingerprint density at radius 2 is 1.88 bits per heavy atom. The molecule has 3 amide bonds. The second-order valence-corrected chi connectivity index (χ2v) is 12.3. The standard InChI is InChI=1S/C30H43N5O5/c36-25(9-8-24(28(38)39)34-29(40)30-14-10-20(11-15-30)12-16-30)32-23-13-18-35(19-23)26(37)5-1-4-22-7-6-21-3-2-17-31-27(21)33-22/h6-7,20,23-24H,1-5,8-19H2,(H,31,33)(H,32,36)(H,34,40)(H,38,39)/t20?,23-,24+,30?/m1/s1. The molecular weight excluding hydrogens is 510 g/mol. The molecule has 0 spiro atoms. The maximum Gasteiger partial charge on any atom is 0.326 e. The summed E-state index contributed by atoms with van der Waals surface area (Å²) in [5, 5.41) is 18.7. The highest BCUT2D eigenvalue weighted by Crippen LogP contribution is 2.50. The van der Waals surface area contributed by atoms with Crippen molar-refractivity contribution in [3.05, 3.63) is 23.4 Å². The maximum absolute atomic E-state index is 13.0. The van der Waals surface area contributed by atoms with Gasteiger partial charge in [-0.1, -0.05) is 6.07 Å². The first-order valence-corrected chi connectivity index (χ1v) is 15.1. The number of amides is 3. The Bertz CT molecular complexity index is 1100. The monoisotopic (exact) mass is 553 g/mol. The minimum absolute atomic E-state index is 0.0133. The zero-order chi connectivity index (χ0) is 28.1. The van der Waals surface area contributed by atoms with Gasteiger partial charge in [-0.05, 0) is 94.6 Å². The number of nitrogens with one attached hydrogen (secondary N) is 3. The summed E-state index contributed by atoms with van der Waals surface area (Å²) in [6.45, 7) is 2.02. The van der Waals surface area contributed by atoms with Crippen molar-refractivity contribution in [2.24, 2.45) is 11.3 Å². The van der Waals surface area contributed by atoms with Crippen LogP contribution in [-0.4, -0.2) is 70.4 Å². The predicted molar refractivity (Wildman–Crippen MR) is 150 cm³/mol. The van der Waals surface area contributed by atoms with Crippen molar-refractivity contribution in [2.75, 3.05) is 25.0 Å². The number of nitrogens with zero attached hydrogens (tertiary/aromatic N) is 2. The number of carboxylic acid groups (broad SMARTS) is 1. The van der Waals surface area contributed by atoms with Crippen molar-refractivity contribution < 1.29 is 24.3 Å². The number of carboxylic acids is 1. The minimum Gasteiger partial charge on any atom is -0.480 e. The first kappa shape index (κ1) is 28.4. The van der Waals surface area contributed by atoms with Crippen LogP contribution in [0.15, 0.2) is 12.1 Å². The molecule has 3 saturated carbocycles. The molecule has 2 atom stereocenters. The largest absolute Gasteiger partial charge is 0.480 e.